The van der Waals surface area contributed by atoms with E-state index in [0.717, 1.165) is 0 Å². The van der Waals surface area contributed by atoms with Crippen LogP contribution >= 0.6 is 0 Å². The largest absolute Gasteiger partial charge is 0.437 e. The molecule has 1 saturated heterocycles. The molecule has 1 unspecified atom stereocenters. The quantitative estimate of drug-likeness (QED) is 0.895. The molecule has 1 aromatic heterocycles. The Balaban J connectivity index is 1.76. The average Bonchev–Trinajstić information content (AvgIpc) is 2.63. The van der Waals surface area contributed by atoms with E-state index in [1.165, 1.54) is 12.4 Å². The summed E-state index contributed by atoms with van der Waals surface area (Å²) < 4.78 is 11.0. The van der Waals surface area contributed by atoms with Crippen molar-refractivity contribution < 1.29 is 19.4 Å². The molecule has 1 N–H and O–H groups in total. The van der Waals surface area contributed by atoms with E-state index in [2.05, 4.69) is 9.97 Å². The zero-order valence-corrected chi connectivity index (χ0v) is 13.2. The zero-order valence-electron chi connectivity index (χ0n) is 13.2. The van der Waals surface area contributed by atoms with E-state index in [1.807, 2.05) is 0 Å². The molecule has 2 heterocycles. The number of amides is 1. The van der Waals surface area contributed by atoms with Gasteiger partial charge in [-0.3, -0.25) is 9.78 Å². The van der Waals surface area contributed by atoms with E-state index in [1.54, 1.807) is 35.4 Å². The molecule has 1 amide bonds. The molecule has 126 valence electrons. The maximum atomic E-state index is 12.8. The maximum Gasteiger partial charge on any atom is 0.254 e. The summed E-state index contributed by atoms with van der Waals surface area (Å²) in [6.07, 6.45) is 5.11. The minimum atomic E-state index is -0.110. The number of nitrogens with zero attached hydrogens (tertiary/aromatic N) is 3. The SMILES string of the molecule is O=C(c1cccc(Oc2cnccn2)c1)N1CCOCC1CCO. The summed E-state index contributed by atoms with van der Waals surface area (Å²) in [5, 5.41) is 9.17. The third-order valence-electron chi connectivity index (χ3n) is 3.79. The maximum absolute atomic E-state index is 12.8. The summed E-state index contributed by atoms with van der Waals surface area (Å²) in [5.41, 5.74) is 0.529. The second kappa shape index (κ2) is 7.85. The molecular formula is C17H19N3O4. The molecule has 2 aromatic rings. The fourth-order valence-electron chi connectivity index (χ4n) is 2.63. The average molecular weight is 329 g/mol. The van der Waals surface area contributed by atoms with Gasteiger partial charge in [0.05, 0.1) is 25.5 Å². The molecule has 1 aromatic carbocycles. The first-order valence-electron chi connectivity index (χ1n) is 7.81. The lowest BCUT2D eigenvalue weighted by molar-refractivity contribution is -0.00830. The van der Waals surface area contributed by atoms with Gasteiger partial charge in [0.2, 0.25) is 5.88 Å². The molecule has 3 rings (SSSR count). The zero-order chi connectivity index (χ0) is 16.8. The summed E-state index contributed by atoms with van der Waals surface area (Å²) >= 11 is 0. The van der Waals surface area contributed by atoms with Gasteiger partial charge in [0.1, 0.15) is 5.75 Å². The number of aliphatic hydroxyl groups excluding tert-OH is 1. The van der Waals surface area contributed by atoms with Crippen LogP contribution in [0.5, 0.6) is 11.6 Å². The molecule has 24 heavy (non-hydrogen) atoms. The van der Waals surface area contributed by atoms with Crippen molar-refractivity contribution in [3.63, 3.8) is 0 Å². The summed E-state index contributed by atoms with van der Waals surface area (Å²) in [6, 6.07) is 6.84. The Kier molecular flexibility index (Phi) is 5.35. The highest BCUT2D eigenvalue weighted by atomic mass is 16.5. The summed E-state index contributed by atoms with van der Waals surface area (Å²) in [7, 11) is 0. The molecule has 1 aliphatic rings. The van der Waals surface area contributed by atoms with Gasteiger partial charge in [0.15, 0.2) is 0 Å². The molecule has 1 atom stereocenters. The van der Waals surface area contributed by atoms with Gasteiger partial charge < -0.3 is 19.5 Å². The van der Waals surface area contributed by atoms with Crippen LogP contribution < -0.4 is 4.74 Å². The standard InChI is InChI=1S/C17H19N3O4/c21-8-4-14-12-23-9-7-20(14)17(22)13-2-1-3-15(10-13)24-16-11-18-5-6-19-16/h1-3,5-6,10-11,14,21H,4,7-9,12H2. The van der Waals surface area contributed by atoms with Crippen LogP contribution in [0.1, 0.15) is 16.8 Å². The Morgan fingerprint density at radius 2 is 2.33 bits per heavy atom. The number of ether oxygens (including phenoxy) is 2. The third kappa shape index (κ3) is 3.87. The van der Waals surface area contributed by atoms with Gasteiger partial charge in [0, 0.05) is 31.1 Å². The van der Waals surface area contributed by atoms with Crippen molar-refractivity contribution in [3.8, 4) is 11.6 Å². The van der Waals surface area contributed by atoms with E-state index in [-0.39, 0.29) is 18.6 Å². The number of carbonyl (C=O) groups is 1. The Morgan fingerprint density at radius 3 is 3.12 bits per heavy atom. The normalized spacial score (nSPS) is 17.5. The van der Waals surface area contributed by atoms with Gasteiger partial charge in [-0.25, -0.2) is 4.98 Å². The Bertz CT molecular complexity index is 679. The predicted octanol–water partition coefficient (Wildman–Crippen LogP) is 1.49. The Morgan fingerprint density at radius 1 is 1.42 bits per heavy atom. The molecular weight excluding hydrogens is 310 g/mol. The first-order chi connectivity index (χ1) is 11.8. The fraction of sp³-hybridized carbons (Fsp3) is 0.353. The van der Waals surface area contributed by atoms with Crippen molar-refractivity contribution in [1.82, 2.24) is 14.9 Å². The second-order valence-corrected chi connectivity index (χ2v) is 5.41. The first kappa shape index (κ1) is 16.4. The molecule has 0 aliphatic carbocycles. The van der Waals surface area contributed by atoms with Crippen molar-refractivity contribution >= 4 is 5.91 Å². The molecule has 7 heteroatoms. The second-order valence-electron chi connectivity index (χ2n) is 5.41. The highest BCUT2D eigenvalue weighted by molar-refractivity contribution is 5.95. The highest BCUT2D eigenvalue weighted by Gasteiger charge is 2.27. The van der Waals surface area contributed by atoms with Crippen molar-refractivity contribution in [1.29, 1.82) is 0 Å². The van der Waals surface area contributed by atoms with Crippen LogP contribution in [0, 0.1) is 0 Å². The molecule has 0 saturated carbocycles. The van der Waals surface area contributed by atoms with Crippen LogP contribution in [0.4, 0.5) is 0 Å². The molecule has 1 fully saturated rings. The van der Waals surface area contributed by atoms with Gasteiger partial charge in [-0.2, -0.15) is 0 Å². The van der Waals surface area contributed by atoms with Crippen LogP contribution in [-0.4, -0.2) is 58.3 Å². The number of hydrogen-bond donors (Lipinski definition) is 1. The number of aliphatic hydroxyl groups is 1. The molecule has 1 aliphatic heterocycles. The Hall–Kier alpha value is -2.51. The van der Waals surface area contributed by atoms with Crippen molar-refractivity contribution in [2.75, 3.05) is 26.4 Å². The van der Waals surface area contributed by atoms with Crippen LogP contribution in [0.25, 0.3) is 0 Å². The van der Waals surface area contributed by atoms with E-state index in [4.69, 9.17) is 9.47 Å². The van der Waals surface area contributed by atoms with Crippen molar-refractivity contribution in [2.45, 2.75) is 12.5 Å². The third-order valence-corrected chi connectivity index (χ3v) is 3.79. The monoisotopic (exact) mass is 329 g/mol. The first-order valence-corrected chi connectivity index (χ1v) is 7.81. The van der Waals surface area contributed by atoms with Gasteiger partial charge in [0.25, 0.3) is 5.91 Å². The lowest BCUT2D eigenvalue weighted by Gasteiger charge is -2.35. The van der Waals surface area contributed by atoms with Gasteiger partial charge in [-0.1, -0.05) is 6.07 Å². The molecule has 7 nitrogen and oxygen atoms in total. The molecule has 0 spiro atoms. The summed E-state index contributed by atoms with van der Waals surface area (Å²) in [5.74, 6) is 0.793. The highest BCUT2D eigenvalue weighted by Crippen LogP contribution is 2.22. The topological polar surface area (TPSA) is 84.8 Å². The number of carbonyl (C=O) groups excluding carboxylic acids is 1. The van der Waals surface area contributed by atoms with Gasteiger partial charge >= 0.3 is 0 Å². The van der Waals surface area contributed by atoms with Crippen molar-refractivity contribution in [3.05, 3.63) is 48.4 Å². The minimum Gasteiger partial charge on any atom is -0.437 e. The number of hydrogen-bond acceptors (Lipinski definition) is 6. The Labute approximate surface area is 139 Å². The smallest absolute Gasteiger partial charge is 0.254 e. The van der Waals surface area contributed by atoms with Crippen LogP contribution in [0.15, 0.2) is 42.9 Å². The number of aromatic nitrogens is 2. The lowest BCUT2D eigenvalue weighted by atomic mass is 10.1. The van der Waals surface area contributed by atoms with E-state index in [0.29, 0.717) is 43.4 Å². The fourth-order valence-corrected chi connectivity index (χ4v) is 2.63. The lowest BCUT2D eigenvalue weighted by Crippen LogP contribution is -2.49. The van der Waals surface area contributed by atoms with E-state index < -0.39 is 0 Å². The van der Waals surface area contributed by atoms with Crippen LogP contribution in [0.2, 0.25) is 0 Å². The van der Waals surface area contributed by atoms with Gasteiger partial charge in [-0.15, -0.1) is 0 Å². The van der Waals surface area contributed by atoms with Crippen molar-refractivity contribution in [2.24, 2.45) is 0 Å². The summed E-state index contributed by atoms with van der Waals surface area (Å²) in [4.78, 5) is 22.5. The number of rotatable bonds is 5. The summed E-state index contributed by atoms with van der Waals surface area (Å²) in [6.45, 7) is 1.48. The molecule has 0 bridgehead atoms. The number of morpholine rings is 1. The van der Waals surface area contributed by atoms with Gasteiger partial charge in [-0.05, 0) is 24.6 Å². The van der Waals surface area contributed by atoms with E-state index in [9.17, 15) is 9.90 Å². The number of benzene rings is 1. The van der Waals surface area contributed by atoms with E-state index >= 15 is 0 Å². The predicted molar refractivity (Wildman–Crippen MR) is 85.9 cm³/mol. The van der Waals surface area contributed by atoms with Crippen LogP contribution in [0.3, 0.4) is 0 Å². The minimum absolute atomic E-state index is 0.0215. The van der Waals surface area contributed by atoms with Crippen LogP contribution in [-0.2, 0) is 4.74 Å². The molecule has 0 radical (unpaired) electrons.